The molecule has 0 aliphatic carbocycles. The van der Waals surface area contributed by atoms with Crippen LogP contribution in [0.25, 0.3) is 0 Å². The molecule has 2 fully saturated rings. The van der Waals surface area contributed by atoms with Crippen molar-refractivity contribution in [3.05, 3.63) is 22.4 Å². The fraction of sp³-hybridized carbons (Fsp3) is 0.722. The molecule has 140 valence electrons. The number of hydrogen-bond acceptors (Lipinski definition) is 6. The summed E-state index contributed by atoms with van der Waals surface area (Å²) in [5.74, 6) is 0.272. The highest BCUT2D eigenvalue weighted by Gasteiger charge is 2.31. The molecule has 6 nitrogen and oxygen atoms in total. The molecule has 2 atom stereocenters. The number of hydrogen-bond donors (Lipinski definition) is 1. The Morgan fingerprint density at radius 3 is 2.64 bits per heavy atom. The normalized spacial score (nSPS) is 22.5. The second-order valence-electron chi connectivity index (χ2n) is 6.87. The van der Waals surface area contributed by atoms with Gasteiger partial charge in [0, 0.05) is 44.8 Å². The van der Waals surface area contributed by atoms with E-state index in [4.69, 9.17) is 15.2 Å². The van der Waals surface area contributed by atoms with E-state index < -0.39 is 6.04 Å². The molecule has 3 rings (SSSR count). The number of ether oxygens (including phenoxy) is 2. The molecule has 0 saturated carbocycles. The predicted octanol–water partition coefficient (Wildman–Crippen LogP) is 1.33. The Bertz CT molecular complexity index is 528. The number of carbonyl (C=O) groups is 1. The summed E-state index contributed by atoms with van der Waals surface area (Å²) in [5.41, 5.74) is 6.29. The standard InChI is InChI=1S/C18H29N3O3S/c1-20(18(22)17(19)14-4-8-23-9-5-14)13-15(16-3-2-12-25-16)21-6-10-24-11-7-21/h2-3,12,14-15,17H,4-11,13,19H2,1H3. The summed E-state index contributed by atoms with van der Waals surface area (Å²) in [6.07, 6.45) is 1.75. The zero-order valence-electron chi connectivity index (χ0n) is 14.9. The lowest BCUT2D eigenvalue weighted by Crippen LogP contribution is -2.50. The summed E-state index contributed by atoms with van der Waals surface area (Å²) in [6, 6.07) is 4.01. The minimum atomic E-state index is -0.428. The Hall–Kier alpha value is -0.990. The van der Waals surface area contributed by atoms with E-state index in [2.05, 4.69) is 22.4 Å². The molecule has 1 aromatic rings. The van der Waals surface area contributed by atoms with Crippen molar-refractivity contribution in [3.63, 3.8) is 0 Å². The number of thiophene rings is 1. The molecule has 7 heteroatoms. The first kappa shape index (κ1) is 18.8. The van der Waals surface area contributed by atoms with Crippen molar-refractivity contribution in [2.24, 2.45) is 11.7 Å². The van der Waals surface area contributed by atoms with E-state index in [9.17, 15) is 4.79 Å². The van der Waals surface area contributed by atoms with Gasteiger partial charge in [0.05, 0.1) is 25.3 Å². The van der Waals surface area contributed by atoms with Crippen LogP contribution in [0.4, 0.5) is 0 Å². The van der Waals surface area contributed by atoms with Gasteiger partial charge in [-0.3, -0.25) is 9.69 Å². The van der Waals surface area contributed by atoms with E-state index in [1.165, 1.54) is 4.88 Å². The van der Waals surface area contributed by atoms with E-state index >= 15 is 0 Å². The summed E-state index contributed by atoms with van der Waals surface area (Å²) in [4.78, 5) is 18.4. The third-order valence-electron chi connectivity index (χ3n) is 5.24. The number of nitrogens with two attached hydrogens (primary N) is 1. The smallest absolute Gasteiger partial charge is 0.239 e. The lowest BCUT2D eigenvalue weighted by atomic mass is 9.91. The molecule has 25 heavy (non-hydrogen) atoms. The van der Waals surface area contributed by atoms with Crippen LogP contribution in [0.15, 0.2) is 17.5 Å². The minimum absolute atomic E-state index is 0.0433. The van der Waals surface area contributed by atoms with Gasteiger partial charge in [0.15, 0.2) is 0 Å². The molecular formula is C18H29N3O3S. The van der Waals surface area contributed by atoms with E-state index in [1.54, 1.807) is 11.3 Å². The number of nitrogens with zero attached hydrogens (tertiary/aromatic N) is 2. The molecule has 2 aliphatic rings. The first-order valence-electron chi connectivity index (χ1n) is 9.10. The lowest BCUT2D eigenvalue weighted by Gasteiger charge is -2.37. The van der Waals surface area contributed by atoms with Crippen molar-refractivity contribution in [2.75, 3.05) is 53.1 Å². The lowest BCUT2D eigenvalue weighted by molar-refractivity contribution is -0.134. The third kappa shape index (κ3) is 4.80. The van der Waals surface area contributed by atoms with Crippen LogP contribution in [0, 0.1) is 5.92 Å². The maximum atomic E-state index is 12.9. The van der Waals surface area contributed by atoms with Crippen LogP contribution < -0.4 is 5.73 Å². The van der Waals surface area contributed by atoms with Gasteiger partial charge in [-0.1, -0.05) is 6.07 Å². The zero-order valence-corrected chi connectivity index (χ0v) is 15.7. The van der Waals surface area contributed by atoms with Gasteiger partial charge in [0.2, 0.25) is 5.91 Å². The minimum Gasteiger partial charge on any atom is -0.381 e. The van der Waals surface area contributed by atoms with E-state index in [-0.39, 0.29) is 17.9 Å². The van der Waals surface area contributed by atoms with Crippen LogP contribution in [0.1, 0.15) is 23.8 Å². The van der Waals surface area contributed by atoms with Crippen molar-refractivity contribution >= 4 is 17.2 Å². The van der Waals surface area contributed by atoms with Crippen LogP contribution in [-0.4, -0.2) is 74.9 Å². The number of morpholine rings is 1. The summed E-state index contributed by atoms with van der Waals surface area (Å²) in [6.45, 7) is 5.38. The maximum Gasteiger partial charge on any atom is 0.239 e. The second kappa shape index (κ2) is 9.09. The van der Waals surface area contributed by atoms with Crippen molar-refractivity contribution in [1.82, 2.24) is 9.80 Å². The van der Waals surface area contributed by atoms with Gasteiger partial charge >= 0.3 is 0 Å². The molecule has 1 aromatic heterocycles. The number of likely N-dealkylation sites (N-methyl/N-ethyl adjacent to an activating group) is 1. The second-order valence-corrected chi connectivity index (χ2v) is 7.85. The zero-order chi connectivity index (χ0) is 17.6. The molecule has 3 heterocycles. The van der Waals surface area contributed by atoms with Crippen LogP contribution in [0.5, 0.6) is 0 Å². The van der Waals surface area contributed by atoms with Crippen molar-refractivity contribution < 1.29 is 14.3 Å². The van der Waals surface area contributed by atoms with Gasteiger partial charge < -0.3 is 20.1 Å². The first-order valence-corrected chi connectivity index (χ1v) is 9.98. The van der Waals surface area contributed by atoms with Gasteiger partial charge in [-0.25, -0.2) is 0 Å². The molecule has 2 saturated heterocycles. The SMILES string of the molecule is CN(CC(c1cccs1)N1CCOCC1)C(=O)C(N)C1CCOCC1. The average molecular weight is 368 g/mol. The molecule has 1 amide bonds. The Morgan fingerprint density at radius 2 is 2.00 bits per heavy atom. The van der Waals surface area contributed by atoms with E-state index in [0.717, 1.165) is 39.1 Å². The van der Waals surface area contributed by atoms with Crippen molar-refractivity contribution in [2.45, 2.75) is 24.9 Å². The summed E-state index contributed by atoms with van der Waals surface area (Å²) < 4.78 is 10.9. The van der Waals surface area contributed by atoms with Crippen LogP contribution in [0.2, 0.25) is 0 Å². The fourth-order valence-corrected chi connectivity index (χ4v) is 4.49. The highest BCUT2D eigenvalue weighted by molar-refractivity contribution is 7.10. The largest absolute Gasteiger partial charge is 0.381 e. The molecular weight excluding hydrogens is 338 g/mol. The van der Waals surface area contributed by atoms with Crippen LogP contribution in [-0.2, 0) is 14.3 Å². The monoisotopic (exact) mass is 367 g/mol. The van der Waals surface area contributed by atoms with Crippen LogP contribution in [0.3, 0.4) is 0 Å². The van der Waals surface area contributed by atoms with Gasteiger partial charge in [-0.2, -0.15) is 0 Å². The Morgan fingerprint density at radius 1 is 1.32 bits per heavy atom. The highest BCUT2D eigenvalue weighted by Crippen LogP contribution is 2.27. The third-order valence-corrected chi connectivity index (χ3v) is 6.21. The van der Waals surface area contributed by atoms with Crippen LogP contribution >= 0.6 is 11.3 Å². The van der Waals surface area contributed by atoms with Crippen molar-refractivity contribution in [1.29, 1.82) is 0 Å². The molecule has 2 aliphatic heterocycles. The molecule has 2 unspecified atom stereocenters. The highest BCUT2D eigenvalue weighted by atomic mass is 32.1. The van der Waals surface area contributed by atoms with E-state index in [0.29, 0.717) is 19.8 Å². The average Bonchev–Trinajstić information content (AvgIpc) is 3.20. The molecule has 2 N–H and O–H groups in total. The molecule has 0 bridgehead atoms. The maximum absolute atomic E-state index is 12.9. The van der Waals surface area contributed by atoms with Gasteiger partial charge in [-0.15, -0.1) is 11.3 Å². The molecule has 0 aromatic carbocycles. The number of rotatable bonds is 6. The fourth-order valence-electron chi connectivity index (χ4n) is 3.64. The summed E-state index contributed by atoms with van der Waals surface area (Å²) in [5, 5.41) is 2.10. The Kier molecular flexibility index (Phi) is 6.84. The van der Waals surface area contributed by atoms with E-state index in [1.807, 2.05) is 11.9 Å². The summed E-state index contributed by atoms with van der Waals surface area (Å²) >= 11 is 1.75. The van der Waals surface area contributed by atoms with Crippen molar-refractivity contribution in [3.8, 4) is 0 Å². The first-order chi connectivity index (χ1) is 12.2. The van der Waals surface area contributed by atoms with Gasteiger partial charge in [-0.05, 0) is 30.2 Å². The van der Waals surface area contributed by atoms with Gasteiger partial charge in [0.25, 0.3) is 0 Å². The number of carbonyl (C=O) groups excluding carboxylic acids is 1. The number of amides is 1. The Balaban J connectivity index is 1.64. The quantitative estimate of drug-likeness (QED) is 0.822. The van der Waals surface area contributed by atoms with Gasteiger partial charge in [0.1, 0.15) is 0 Å². The Labute approximate surface area is 153 Å². The summed E-state index contributed by atoms with van der Waals surface area (Å²) in [7, 11) is 1.88. The molecule has 0 spiro atoms. The molecule has 0 radical (unpaired) electrons. The topological polar surface area (TPSA) is 68.0 Å². The predicted molar refractivity (Wildman–Crippen MR) is 98.6 cm³/mol.